The molecule has 1 amide bonds. The zero-order chi connectivity index (χ0) is 13.6. The van der Waals surface area contributed by atoms with Gasteiger partial charge in [0.1, 0.15) is 14.3 Å². The number of likely N-dealkylation sites (N-methyl/N-ethyl adjacent to an activating group) is 1. The zero-order valence-electron chi connectivity index (χ0n) is 10.5. The minimum absolute atomic E-state index is 0.00348. The number of para-hydroxylation sites is 1. The van der Waals surface area contributed by atoms with E-state index in [2.05, 4.69) is 24.0 Å². The monoisotopic (exact) mass is 308 g/mol. The summed E-state index contributed by atoms with van der Waals surface area (Å²) in [6.07, 6.45) is 0. The van der Waals surface area contributed by atoms with Crippen molar-refractivity contribution in [3.05, 3.63) is 34.2 Å². The van der Waals surface area contributed by atoms with Gasteiger partial charge in [0.25, 0.3) is 5.91 Å². The molecule has 1 aromatic carbocycles. The average molecular weight is 308 g/mol. The summed E-state index contributed by atoms with van der Waals surface area (Å²) in [7, 11) is 1.73. The van der Waals surface area contributed by atoms with Gasteiger partial charge in [-0.3, -0.25) is 9.69 Å². The number of thioether (sulfide) groups is 2. The van der Waals surface area contributed by atoms with Gasteiger partial charge in [-0.2, -0.15) is 0 Å². The molecule has 0 bridgehead atoms. The molecule has 2 aliphatic heterocycles. The molecule has 3 rings (SSSR count). The van der Waals surface area contributed by atoms with Crippen molar-refractivity contribution in [3.63, 3.8) is 0 Å². The Bertz CT molecular complexity index is 612. The summed E-state index contributed by atoms with van der Waals surface area (Å²) in [5.74, 6) is 0.00348. The van der Waals surface area contributed by atoms with Gasteiger partial charge in [-0.15, -0.1) is 0 Å². The van der Waals surface area contributed by atoms with Crippen LogP contribution in [-0.4, -0.2) is 28.7 Å². The van der Waals surface area contributed by atoms with E-state index in [4.69, 9.17) is 12.2 Å². The standard InChI is InChI=1S/C13H12N2OS3/c1-3-15-8-6-4-5-7-9(8)18-12(15)10-11(16)14(2)13(17)19-10/h4-7H,3H2,1-2H3. The molecule has 0 saturated carbocycles. The SMILES string of the molecule is CCN1C(=C2SC(=S)N(C)C2=O)Sc2ccccc21. The van der Waals surface area contributed by atoms with Crippen molar-refractivity contribution in [1.29, 1.82) is 0 Å². The fourth-order valence-electron chi connectivity index (χ4n) is 2.09. The number of benzene rings is 1. The normalized spacial score (nSPS) is 22.4. The minimum Gasteiger partial charge on any atom is -0.334 e. The first-order valence-corrected chi connectivity index (χ1v) is 7.96. The van der Waals surface area contributed by atoms with E-state index in [0.29, 0.717) is 4.32 Å². The third-order valence-electron chi connectivity index (χ3n) is 3.08. The van der Waals surface area contributed by atoms with Crippen LogP contribution >= 0.6 is 35.7 Å². The molecule has 2 aliphatic rings. The number of hydrogen-bond acceptors (Lipinski definition) is 5. The van der Waals surface area contributed by atoms with Crippen LogP contribution in [0.2, 0.25) is 0 Å². The van der Waals surface area contributed by atoms with Crippen LogP contribution in [-0.2, 0) is 4.79 Å². The lowest BCUT2D eigenvalue weighted by atomic mass is 10.3. The number of carbonyl (C=O) groups is 1. The van der Waals surface area contributed by atoms with Gasteiger partial charge < -0.3 is 4.90 Å². The van der Waals surface area contributed by atoms with E-state index in [0.717, 1.165) is 16.5 Å². The quantitative estimate of drug-likeness (QED) is 0.585. The lowest BCUT2D eigenvalue weighted by molar-refractivity contribution is -0.121. The van der Waals surface area contributed by atoms with Crippen molar-refractivity contribution >= 4 is 51.7 Å². The van der Waals surface area contributed by atoms with Crippen molar-refractivity contribution in [3.8, 4) is 0 Å². The third kappa shape index (κ3) is 1.98. The van der Waals surface area contributed by atoms with Gasteiger partial charge in [0.2, 0.25) is 0 Å². The van der Waals surface area contributed by atoms with E-state index in [-0.39, 0.29) is 5.91 Å². The Hall–Kier alpha value is -0.980. The van der Waals surface area contributed by atoms with Gasteiger partial charge in [0.05, 0.1) is 5.69 Å². The maximum Gasteiger partial charge on any atom is 0.268 e. The molecule has 2 heterocycles. The van der Waals surface area contributed by atoms with Crippen LogP contribution in [0, 0.1) is 0 Å². The lowest BCUT2D eigenvalue weighted by Gasteiger charge is -2.18. The molecule has 0 atom stereocenters. The Morgan fingerprint density at radius 2 is 2.00 bits per heavy atom. The third-order valence-corrected chi connectivity index (χ3v) is 5.94. The molecule has 1 saturated heterocycles. The fraction of sp³-hybridized carbons (Fsp3) is 0.231. The van der Waals surface area contributed by atoms with E-state index in [1.807, 2.05) is 12.1 Å². The summed E-state index contributed by atoms with van der Waals surface area (Å²) in [4.78, 5) is 17.9. The van der Waals surface area contributed by atoms with Crippen LogP contribution in [0.4, 0.5) is 5.69 Å². The molecular formula is C13H12N2OS3. The van der Waals surface area contributed by atoms with Gasteiger partial charge in [0.15, 0.2) is 0 Å². The summed E-state index contributed by atoms with van der Waals surface area (Å²) >= 11 is 8.24. The van der Waals surface area contributed by atoms with E-state index in [9.17, 15) is 4.79 Å². The predicted octanol–water partition coefficient (Wildman–Crippen LogP) is 3.28. The molecule has 98 valence electrons. The highest BCUT2D eigenvalue weighted by molar-refractivity contribution is 8.27. The molecule has 0 aliphatic carbocycles. The topological polar surface area (TPSA) is 23.6 Å². The van der Waals surface area contributed by atoms with Gasteiger partial charge in [-0.05, 0) is 19.1 Å². The second-order valence-electron chi connectivity index (χ2n) is 4.18. The highest BCUT2D eigenvalue weighted by atomic mass is 32.2. The summed E-state index contributed by atoms with van der Waals surface area (Å²) < 4.78 is 0.625. The molecule has 6 heteroatoms. The van der Waals surface area contributed by atoms with Crippen molar-refractivity contribution in [2.75, 3.05) is 18.5 Å². The Labute approximate surface area is 126 Å². The molecule has 0 spiro atoms. The molecule has 0 unspecified atom stereocenters. The van der Waals surface area contributed by atoms with E-state index in [1.165, 1.54) is 22.3 Å². The second kappa shape index (κ2) is 4.85. The highest BCUT2D eigenvalue weighted by Crippen LogP contribution is 2.50. The summed E-state index contributed by atoms with van der Waals surface area (Å²) in [5, 5.41) is 1.01. The second-order valence-corrected chi connectivity index (χ2v) is 6.86. The number of anilines is 1. The van der Waals surface area contributed by atoms with Crippen molar-refractivity contribution in [2.45, 2.75) is 11.8 Å². The first-order chi connectivity index (χ1) is 9.13. The Kier molecular flexibility index (Phi) is 3.32. The number of amides is 1. The van der Waals surface area contributed by atoms with Gasteiger partial charge in [-0.1, -0.05) is 47.9 Å². The smallest absolute Gasteiger partial charge is 0.268 e. The first-order valence-electron chi connectivity index (χ1n) is 5.92. The van der Waals surface area contributed by atoms with E-state index >= 15 is 0 Å². The lowest BCUT2D eigenvalue weighted by Crippen LogP contribution is -2.24. The summed E-state index contributed by atoms with van der Waals surface area (Å²) in [5.41, 5.74) is 1.17. The molecule has 0 N–H and O–H groups in total. The van der Waals surface area contributed by atoms with Crippen molar-refractivity contribution < 1.29 is 4.79 Å². The summed E-state index contributed by atoms with van der Waals surface area (Å²) in [6.45, 7) is 2.93. The Balaban J connectivity index is 2.09. The zero-order valence-corrected chi connectivity index (χ0v) is 13.0. The largest absolute Gasteiger partial charge is 0.334 e. The van der Waals surface area contributed by atoms with Crippen LogP contribution in [0.25, 0.3) is 0 Å². The van der Waals surface area contributed by atoms with Crippen LogP contribution in [0.5, 0.6) is 0 Å². The fourth-order valence-corrected chi connectivity index (χ4v) is 4.64. The van der Waals surface area contributed by atoms with Gasteiger partial charge in [0, 0.05) is 18.5 Å². The molecule has 19 heavy (non-hydrogen) atoms. The molecule has 3 nitrogen and oxygen atoms in total. The molecule has 1 fully saturated rings. The van der Waals surface area contributed by atoms with Crippen LogP contribution in [0.15, 0.2) is 39.1 Å². The van der Waals surface area contributed by atoms with Crippen LogP contribution in [0.3, 0.4) is 0 Å². The molecule has 0 radical (unpaired) electrons. The highest BCUT2D eigenvalue weighted by Gasteiger charge is 2.36. The number of carbonyl (C=O) groups excluding carboxylic acids is 1. The molecular weight excluding hydrogens is 296 g/mol. The van der Waals surface area contributed by atoms with Crippen LogP contribution < -0.4 is 4.90 Å². The minimum atomic E-state index is 0.00348. The van der Waals surface area contributed by atoms with Gasteiger partial charge in [-0.25, -0.2) is 0 Å². The number of fused-ring (bicyclic) bond motifs is 1. The number of thiocarbonyl (C=S) groups is 1. The van der Waals surface area contributed by atoms with Crippen molar-refractivity contribution in [2.24, 2.45) is 0 Å². The summed E-state index contributed by atoms with van der Waals surface area (Å²) in [6, 6.07) is 8.22. The van der Waals surface area contributed by atoms with E-state index in [1.54, 1.807) is 23.7 Å². The van der Waals surface area contributed by atoms with Crippen molar-refractivity contribution in [1.82, 2.24) is 4.90 Å². The molecule has 1 aromatic rings. The number of nitrogens with zero attached hydrogens (tertiary/aromatic N) is 2. The van der Waals surface area contributed by atoms with Crippen LogP contribution in [0.1, 0.15) is 6.92 Å². The first kappa shape index (κ1) is 13.0. The number of rotatable bonds is 1. The van der Waals surface area contributed by atoms with E-state index < -0.39 is 0 Å². The molecule has 0 aromatic heterocycles. The van der Waals surface area contributed by atoms with Gasteiger partial charge >= 0.3 is 0 Å². The predicted molar refractivity (Wildman–Crippen MR) is 85.3 cm³/mol. The maximum atomic E-state index is 12.2. The Morgan fingerprint density at radius 1 is 1.26 bits per heavy atom. The average Bonchev–Trinajstić information content (AvgIpc) is 2.91. The maximum absolute atomic E-state index is 12.2. The number of hydrogen-bond donors (Lipinski definition) is 0. The Morgan fingerprint density at radius 3 is 2.63 bits per heavy atom.